The fraction of sp³-hybridized carbons (Fsp3) is 0.350. The first-order valence-electron chi connectivity index (χ1n) is 9.57. The molecule has 11 nitrogen and oxygen atoms in total. The van der Waals surface area contributed by atoms with Crippen molar-refractivity contribution in [1.29, 1.82) is 5.26 Å². The lowest BCUT2D eigenvalue weighted by Gasteiger charge is -2.19. The predicted octanol–water partition coefficient (Wildman–Crippen LogP) is 0.343. The fourth-order valence-electron chi connectivity index (χ4n) is 2.85. The Balaban J connectivity index is 2.08. The van der Waals surface area contributed by atoms with E-state index < -0.39 is 47.6 Å². The molecule has 0 saturated carbocycles. The number of para-hydroxylation sites is 1. The molecule has 2 rings (SSSR count). The van der Waals surface area contributed by atoms with Crippen molar-refractivity contribution in [1.82, 2.24) is 15.6 Å². The highest BCUT2D eigenvalue weighted by atomic mass is 32.2. The number of nitrogens with two attached hydrogens (primary N) is 1. The lowest BCUT2D eigenvalue weighted by molar-refractivity contribution is -0.139. The van der Waals surface area contributed by atoms with Crippen molar-refractivity contribution in [3.8, 4) is 6.07 Å². The molecule has 0 saturated heterocycles. The zero-order valence-corrected chi connectivity index (χ0v) is 17.7. The monoisotopic (exact) mass is 461 g/mol. The average Bonchev–Trinajstić information content (AvgIpc) is 3.19. The van der Waals surface area contributed by atoms with E-state index in [1.807, 2.05) is 24.3 Å². The molecule has 0 aliphatic rings. The van der Waals surface area contributed by atoms with Crippen LogP contribution in [0.2, 0.25) is 0 Å². The van der Waals surface area contributed by atoms with Crippen molar-refractivity contribution in [2.45, 2.75) is 30.2 Å². The second-order valence-corrected chi connectivity index (χ2v) is 7.99. The summed E-state index contributed by atoms with van der Waals surface area (Å²) in [4.78, 5) is 49.3. The maximum atomic E-state index is 12.4. The van der Waals surface area contributed by atoms with Crippen molar-refractivity contribution in [3.05, 3.63) is 36.0 Å². The second-order valence-electron chi connectivity index (χ2n) is 6.85. The van der Waals surface area contributed by atoms with Crippen LogP contribution >= 0.6 is 11.8 Å². The van der Waals surface area contributed by atoms with Gasteiger partial charge < -0.3 is 31.6 Å². The third kappa shape index (κ3) is 7.00. The van der Waals surface area contributed by atoms with Crippen LogP contribution in [0.5, 0.6) is 0 Å². The standard InChI is InChI=1S/C20H23N5O6S/c21-7-16(12-8-23-14-4-2-1-3-11(12)14)32-10-15(19(29)24-9-18(27)28)25-17(26)6-5-13(22)20(30)31/h1-4,8,13,15-16,23H,5-6,9-10,22H2,(H,24,29)(H,25,26)(H,27,28)(H,30,31)/t13-,15-,16?/m0/s1. The van der Waals surface area contributed by atoms with Gasteiger partial charge in [-0.1, -0.05) is 18.2 Å². The summed E-state index contributed by atoms with van der Waals surface area (Å²) < 4.78 is 0. The van der Waals surface area contributed by atoms with Gasteiger partial charge in [0.2, 0.25) is 11.8 Å². The zero-order chi connectivity index (χ0) is 23.7. The van der Waals surface area contributed by atoms with E-state index in [4.69, 9.17) is 15.9 Å². The highest BCUT2D eigenvalue weighted by molar-refractivity contribution is 7.99. The molecule has 1 heterocycles. The first-order valence-corrected chi connectivity index (χ1v) is 10.6. The smallest absolute Gasteiger partial charge is 0.322 e. The number of rotatable bonds is 12. The number of aromatic amines is 1. The Labute approximate surface area is 187 Å². The Bertz CT molecular complexity index is 1030. The third-order valence-electron chi connectivity index (χ3n) is 4.52. The van der Waals surface area contributed by atoms with Crippen molar-refractivity contribution in [2.75, 3.05) is 12.3 Å². The van der Waals surface area contributed by atoms with E-state index in [1.165, 1.54) is 0 Å². The van der Waals surface area contributed by atoms with Gasteiger partial charge in [0.25, 0.3) is 0 Å². The van der Waals surface area contributed by atoms with Gasteiger partial charge in [-0.3, -0.25) is 19.2 Å². The van der Waals surface area contributed by atoms with Gasteiger partial charge in [-0.15, -0.1) is 11.8 Å². The van der Waals surface area contributed by atoms with Crippen LogP contribution < -0.4 is 16.4 Å². The van der Waals surface area contributed by atoms with Gasteiger partial charge in [0.1, 0.15) is 23.9 Å². The number of H-pyrrole nitrogens is 1. The van der Waals surface area contributed by atoms with Crippen LogP contribution in [-0.2, 0) is 19.2 Å². The van der Waals surface area contributed by atoms with E-state index in [2.05, 4.69) is 21.7 Å². The minimum absolute atomic E-state index is 0.0140. The highest BCUT2D eigenvalue weighted by Crippen LogP contribution is 2.33. The van der Waals surface area contributed by atoms with Crippen LogP contribution in [0.1, 0.15) is 23.7 Å². The normalized spacial score (nSPS) is 13.5. The van der Waals surface area contributed by atoms with E-state index in [0.717, 1.165) is 28.2 Å². The second kappa shape index (κ2) is 11.7. The summed E-state index contributed by atoms with van der Waals surface area (Å²) in [5.74, 6) is -3.86. The Hall–Kier alpha value is -3.56. The molecule has 0 spiro atoms. The molecule has 32 heavy (non-hydrogen) atoms. The molecule has 3 atom stereocenters. The maximum Gasteiger partial charge on any atom is 0.322 e. The summed E-state index contributed by atoms with van der Waals surface area (Å²) in [6, 6.07) is 7.23. The molecule has 0 aliphatic heterocycles. The average molecular weight is 462 g/mol. The number of aromatic nitrogens is 1. The van der Waals surface area contributed by atoms with Crippen LogP contribution in [0.25, 0.3) is 10.9 Å². The number of thioether (sulfide) groups is 1. The Morgan fingerprint density at radius 1 is 1.22 bits per heavy atom. The minimum Gasteiger partial charge on any atom is -0.480 e. The Kier molecular flexibility index (Phi) is 9.06. The molecule has 1 unspecified atom stereocenters. The highest BCUT2D eigenvalue weighted by Gasteiger charge is 2.25. The molecule has 0 aliphatic carbocycles. The lowest BCUT2D eigenvalue weighted by atomic mass is 10.1. The van der Waals surface area contributed by atoms with Crippen molar-refractivity contribution >= 4 is 46.4 Å². The maximum absolute atomic E-state index is 12.4. The van der Waals surface area contributed by atoms with E-state index in [9.17, 15) is 24.4 Å². The van der Waals surface area contributed by atoms with Crippen molar-refractivity contribution in [2.24, 2.45) is 5.73 Å². The number of nitriles is 1. The van der Waals surface area contributed by atoms with E-state index >= 15 is 0 Å². The Morgan fingerprint density at radius 2 is 1.94 bits per heavy atom. The first-order chi connectivity index (χ1) is 15.2. The van der Waals surface area contributed by atoms with Gasteiger partial charge in [0, 0.05) is 34.8 Å². The van der Waals surface area contributed by atoms with E-state index in [-0.39, 0.29) is 18.6 Å². The number of amides is 2. The van der Waals surface area contributed by atoms with E-state index in [0.29, 0.717) is 0 Å². The third-order valence-corrected chi connectivity index (χ3v) is 5.73. The summed E-state index contributed by atoms with van der Waals surface area (Å²) in [6.07, 6.45) is 1.34. The van der Waals surface area contributed by atoms with E-state index in [1.54, 1.807) is 6.20 Å². The molecule has 1 aromatic heterocycles. The lowest BCUT2D eigenvalue weighted by Crippen LogP contribution is -2.49. The number of hydrogen-bond acceptors (Lipinski definition) is 7. The molecule has 12 heteroatoms. The quantitative estimate of drug-likeness (QED) is 0.258. The Morgan fingerprint density at radius 3 is 2.59 bits per heavy atom. The summed E-state index contributed by atoms with van der Waals surface area (Å²) in [5.41, 5.74) is 6.95. The molecule has 7 N–H and O–H groups in total. The number of carboxylic acid groups (broad SMARTS) is 2. The summed E-state index contributed by atoms with van der Waals surface area (Å²) in [7, 11) is 0. The minimum atomic E-state index is -1.25. The topological polar surface area (TPSA) is 198 Å². The van der Waals surface area contributed by atoms with Crippen LogP contribution in [-0.4, -0.2) is 63.3 Å². The van der Waals surface area contributed by atoms with Gasteiger partial charge in [-0.25, -0.2) is 0 Å². The number of nitrogens with zero attached hydrogens (tertiary/aromatic N) is 1. The molecule has 1 aromatic carbocycles. The van der Waals surface area contributed by atoms with Crippen LogP contribution in [0, 0.1) is 11.3 Å². The number of benzene rings is 1. The van der Waals surface area contributed by atoms with Crippen molar-refractivity contribution < 1.29 is 29.4 Å². The van der Waals surface area contributed by atoms with Gasteiger partial charge >= 0.3 is 11.9 Å². The molecular formula is C20H23N5O6S. The summed E-state index contributed by atoms with van der Waals surface area (Å²) in [6.45, 7) is -0.635. The van der Waals surface area contributed by atoms with Crippen LogP contribution in [0.3, 0.4) is 0 Å². The SMILES string of the molecule is N#CC(SC[C@H](NC(=O)CC[C@H](N)C(=O)O)C(=O)NCC(=O)O)c1c[nH]c2ccccc12. The molecule has 2 amide bonds. The fourth-order valence-corrected chi connectivity index (χ4v) is 3.91. The van der Waals surface area contributed by atoms with Crippen LogP contribution in [0.15, 0.2) is 30.5 Å². The number of carboxylic acids is 2. The van der Waals surface area contributed by atoms with Gasteiger partial charge in [-0.05, 0) is 12.5 Å². The summed E-state index contributed by atoms with van der Waals surface area (Å²) >= 11 is 1.11. The number of nitrogens with one attached hydrogen (secondary N) is 3. The number of aliphatic carboxylic acids is 2. The molecular weight excluding hydrogens is 438 g/mol. The molecule has 0 fully saturated rings. The molecule has 2 aromatic rings. The zero-order valence-electron chi connectivity index (χ0n) is 16.9. The number of hydrogen-bond donors (Lipinski definition) is 6. The number of carbonyl (C=O) groups excluding carboxylic acids is 2. The number of fused-ring (bicyclic) bond motifs is 1. The van der Waals surface area contributed by atoms with Crippen molar-refractivity contribution in [3.63, 3.8) is 0 Å². The molecule has 0 radical (unpaired) electrons. The summed E-state index contributed by atoms with van der Waals surface area (Å²) in [5, 5.41) is 32.1. The van der Waals surface area contributed by atoms with Gasteiger partial charge in [0.15, 0.2) is 0 Å². The first kappa shape index (κ1) is 24.7. The number of carbonyl (C=O) groups is 4. The molecule has 170 valence electrons. The van der Waals surface area contributed by atoms with Gasteiger partial charge in [0.05, 0.1) is 6.07 Å². The van der Waals surface area contributed by atoms with Gasteiger partial charge in [-0.2, -0.15) is 5.26 Å². The van der Waals surface area contributed by atoms with Crippen LogP contribution in [0.4, 0.5) is 0 Å². The molecule has 0 bridgehead atoms. The predicted molar refractivity (Wildman–Crippen MR) is 117 cm³/mol. The largest absolute Gasteiger partial charge is 0.480 e.